The summed E-state index contributed by atoms with van der Waals surface area (Å²) in [7, 11) is 3.32. The summed E-state index contributed by atoms with van der Waals surface area (Å²) in [6, 6.07) is 13.6. The third-order valence-corrected chi connectivity index (χ3v) is 4.26. The number of aryl methyl sites for hydroxylation is 1. The number of hydrogen-bond acceptors (Lipinski definition) is 4. The Hall–Kier alpha value is -3.02. The summed E-state index contributed by atoms with van der Waals surface area (Å²) in [5.74, 6) is -0.468. The van der Waals surface area contributed by atoms with E-state index in [4.69, 9.17) is 0 Å². The zero-order chi connectivity index (χ0) is 18.0. The topological polar surface area (TPSA) is 63.4 Å². The molecule has 2 aromatic carbocycles. The summed E-state index contributed by atoms with van der Waals surface area (Å²) >= 11 is 0. The number of ether oxygens (including phenoxy) is 1. The van der Waals surface area contributed by atoms with Crippen molar-refractivity contribution in [2.75, 3.05) is 18.6 Å². The molecule has 0 saturated carbocycles. The molecule has 128 valence electrons. The van der Waals surface area contributed by atoms with Crippen LogP contribution < -0.4 is 9.47 Å². The number of amides is 1. The highest BCUT2D eigenvalue weighted by Gasteiger charge is 2.18. The first kappa shape index (κ1) is 16.8. The van der Waals surface area contributed by atoms with E-state index < -0.39 is 0 Å². The molecule has 1 heterocycles. The van der Waals surface area contributed by atoms with E-state index in [-0.39, 0.29) is 24.8 Å². The normalized spacial score (nSPS) is 10.8. The van der Waals surface area contributed by atoms with Gasteiger partial charge in [-0.25, -0.2) is 4.98 Å². The summed E-state index contributed by atoms with van der Waals surface area (Å²) < 4.78 is 6.72. The Labute approximate surface area is 145 Å². The third-order valence-electron chi connectivity index (χ3n) is 4.26. The van der Waals surface area contributed by atoms with Gasteiger partial charge in [-0.2, -0.15) is 4.57 Å². The third kappa shape index (κ3) is 3.28. The van der Waals surface area contributed by atoms with Crippen LogP contribution >= 0.6 is 0 Å². The van der Waals surface area contributed by atoms with Crippen LogP contribution in [0, 0.1) is 0 Å². The Morgan fingerprint density at radius 2 is 1.84 bits per heavy atom. The minimum Gasteiger partial charge on any atom is -0.469 e. The number of anilines is 1. The quantitative estimate of drug-likeness (QED) is 0.415. The van der Waals surface area contributed by atoms with E-state index in [0.29, 0.717) is 0 Å². The minimum atomic E-state index is -0.342. The molecule has 0 fully saturated rings. The molecule has 6 nitrogen and oxygen atoms in total. The Morgan fingerprint density at radius 1 is 1.12 bits per heavy atom. The summed E-state index contributed by atoms with van der Waals surface area (Å²) in [5.41, 5.74) is 4.42. The predicted octanol–water partition coefficient (Wildman–Crippen LogP) is 2.13. The van der Waals surface area contributed by atoms with Crippen molar-refractivity contribution in [1.29, 1.82) is 0 Å². The van der Waals surface area contributed by atoms with E-state index in [1.807, 2.05) is 49.5 Å². The summed E-state index contributed by atoms with van der Waals surface area (Å²) in [6.07, 6.45) is 0.149. The number of esters is 1. The number of nitrogens with zero attached hydrogens (tertiary/aromatic N) is 3. The van der Waals surface area contributed by atoms with E-state index in [2.05, 4.69) is 14.3 Å². The van der Waals surface area contributed by atoms with Crippen molar-refractivity contribution in [1.82, 2.24) is 4.98 Å². The van der Waals surface area contributed by atoms with Crippen LogP contribution in [-0.4, -0.2) is 30.5 Å². The van der Waals surface area contributed by atoms with Crippen molar-refractivity contribution >= 4 is 39.6 Å². The van der Waals surface area contributed by atoms with Gasteiger partial charge in [0.25, 0.3) is 0 Å². The maximum Gasteiger partial charge on any atom is 0.307 e. The predicted molar refractivity (Wildman–Crippen MR) is 95.1 cm³/mol. The van der Waals surface area contributed by atoms with Crippen LogP contribution in [0.25, 0.3) is 22.1 Å². The molecule has 0 spiro atoms. The number of fused-ring (bicyclic) bond motifs is 2. The maximum absolute atomic E-state index is 12.0. The van der Waals surface area contributed by atoms with Crippen LogP contribution in [0.3, 0.4) is 0 Å². The average molecular weight is 338 g/mol. The van der Waals surface area contributed by atoms with Gasteiger partial charge in [-0.3, -0.25) is 9.59 Å². The molecule has 0 radical (unpaired) electrons. The average Bonchev–Trinajstić information content (AvgIpc) is 2.62. The molecule has 6 heteroatoms. The Morgan fingerprint density at radius 3 is 2.56 bits per heavy atom. The van der Waals surface area contributed by atoms with Gasteiger partial charge in [0.15, 0.2) is 0 Å². The molecule has 25 heavy (non-hydrogen) atoms. The Kier molecular flexibility index (Phi) is 4.61. The number of aromatic nitrogens is 2. The highest BCUT2D eigenvalue weighted by Crippen LogP contribution is 2.21. The molecule has 3 rings (SSSR count). The van der Waals surface area contributed by atoms with Gasteiger partial charge in [-0.15, -0.1) is 0 Å². The van der Waals surface area contributed by atoms with E-state index in [9.17, 15) is 9.59 Å². The van der Waals surface area contributed by atoms with Crippen molar-refractivity contribution in [2.45, 2.75) is 13.3 Å². The van der Waals surface area contributed by atoms with Crippen LogP contribution in [0.5, 0.6) is 0 Å². The fraction of sp³-hybridized carbons (Fsp3) is 0.263. The van der Waals surface area contributed by atoms with Gasteiger partial charge in [-0.1, -0.05) is 12.1 Å². The first-order valence-electron chi connectivity index (χ1n) is 8.04. The summed E-state index contributed by atoms with van der Waals surface area (Å²) in [6.45, 7) is 1.76. The van der Waals surface area contributed by atoms with Gasteiger partial charge in [0.05, 0.1) is 19.2 Å². The van der Waals surface area contributed by atoms with E-state index in [1.165, 1.54) is 14.0 Å². The molecule has 0 bridgehead atoms. The molecular weight excluding hydrogens is 318 g/mol. The van der Waals surface area contributed by atoms with Gasteiger partial charge in [0.2, 0.25) is 16.9 Å². The number of methoxy groups -OCH3 is 1. The summed E-state index contributed by atoms with van der Waals surface area (Å²) in [5, 5.41) is 0. The fourth-order valence-electron chi connectivity index (χ4n) is 2.92. The molecule has 0 atom stereocenters. The van der Waals surface area contributed by atoms with E-state index in [0.717, 1.165) is 27.8 Å². The van der Waals surface area contributed by atoms with Gasteiger partial charge in [0, 0.05) is 25.6 Å². The Balaban J connectivity index is 2.06. The first-order valence-corrected chi connectivity index (χ1v) is 8.04. The standard InChI is InChI=1S/C19H20N3O3/c1-13(23)22(11-10-19(24)25-3)14-8-9-16-18(12-14)21(2)17-7-5-4-6-15(17)20-16/h4-9,12H,10-11H2,1-3H3/q+1. The molecule has 0 aliphatic carbocycles. The zero-order valence-corrected chi connectivity index (χ0v) is 14.5. The number of carbonyl (C=O) groups is 2. The number of carbonyl (C=O) groups excluding carboxylic acids is 2. The second kappa shape index (κ2) is 6.84. The summed E-state index contributed by atoms with van der Waals surface area (Å²) in [4.78, 5) is 29.7. The highest BCUT2D eigenvalue weighted by atomic mass is 16.5. The monoisotopic (exact) mass is 338 g/mol. The molecule has 1 amide bonds. The first-order chi connectivity index (χ1) is 12.0. The second-order valence-electron chi connectivity index (χ2n) is 5.83. The van der Waals surface area contributed by atoms with Crippen molar-refractivity contribution in [3.05, 3.63) is 42.5 Å². The van der Waals surface area contributed by atoms with Gasteiger partial charge in [-0.05, 0) is 18.2 Å². The molecular formula is C19H20N3O3+. The van der Waals surface area contributed by atoms with Gasteiger partial charge in [0.1, 0.15) is 18.1 Å². The van der Waals surface area contributed by atoms with E-state index in [1.54, 1.807) is 4.90 Å². The van der Waals surface area contributed by atoms with Crippen LogP contribution in [0.2, 0.25) is 0 Å². The van der Waals surface area contributed by atoms with Crippen molar-refractivity contribution in [3.8, 4) is 0 Å². The smallest absolute Gasteiger partial charge is 0.307 e. The van der Waals surface area contributed by atoms with Crippen LogP contribution in [0.4, 0.5) is 5.69 Å². The number of para-hydroxylation sites is 2. The van der Waals surface area contributed by atoms with Crippen LogP contribution in [-0.2, 0) is 21.4 Å². The lowest BCUT2D eigenvalue weighted by molar-refractivity contribution is -0.617. The largest absolute Gasteiger partial charge is 0.469 e. The Bertz CT molecular complexity index is 969. The zero-order valence-electron chi connectivity index (χ0n) is 14.5. The maximum atomic E-state index is 12.0. The molecule has 0 saturated heterocycles. The van der Waals surface area contributed by atoms with Crippen LogP contribution in [0.15, 0.2) is 42.5 Å². The lowest BCUT2D eigenvalue weighted by atomic mass is 10.2. The second-order valence-corrected chi connectivity index (χ2v) is 5.83. The van der Waals surface area contributed by atoms with Crippen molar-refractivity contribution < 1.29 is 18.9 Å². The molecule has 3 aromatic rings. The van der Waals surface area contributed by atoms with Crippen LogP contribution in [0.1, 0.15) is 13.3 Å². The fourth-order valence-corrected chi connectivity index (χ4v) is 2.92. The lowest BCUT2D eigenvalue weighted by Gasteiger charge is -2.20. The number of benzene rings is 2. The van der Waals surface area contributed by atoms with Gasteiger partial charge < -0.3 is 9.64 Å². The molecule has 0 aliphatic rings. The SMILES string of the molecule is COC(=O)CCN(C(C)=O)c1ccc2nc3ccccc3[n+](C)c2c1. The van der Waals surface area contributed by atoms with E-state index >= 15 is 0 Å². The lowest BCUT2D eigenvalue weighted by Crippen LogP contribution is -2.33. The molecule has 0 N–H and O–H groups in total. The molecule has 1 aromatic heterocycles. The van der Waals surface area contributed by atoms with Gasteiger partial charge >= 0.3 is 5.97 Å². The highest BCUT2D eigenvalue weighted by molar-refractivity contribution is 5.94. The minimum absolute atomic E-state index is 0.125. The molecule has 0 aliphatic heterocycles. The molecule has 0 unspecified atom stereocenters. The number of rotatable bonds is 4. The number of hydrogen-bond donors (Lipinski definition) is 0. The van der Waals surface area contributed by atoms with Crippen molar-refractivity contribution in [3.63, 3.8) is 0 Å². The van der Waals surface area contributed by atoms with Crippen molar-refractivity contribution in [2.24, 2.45) is 7.05 Å².